The van der Waals surface area contributed by atoms with Crippen molar-refractivity contribution in [2.24, 2.45) is 0 Å². The van der Waals surface area contributed by atoms with Crippen LogP contribution in [0.2, 0.25) is 0 Å². The highest BCUT2D eigenvalue weighted by Gasteiger charge is 2.19. The van der Waals surface area contributed by atoms with Gasteiger partial charge in [-0.3, -0.25) is 4.79 Å². The standard InChI is InChI=1S/C20H22N2O2S/c1-14(2)20-21-16(13-25-20)11-19(23)22(12-18-5-4-10-24-18)17-8-6-15(3)7-9-17/h4-10,13-14H,11-12H2,1-3H3. The molecule has 2 heterocycles. The number of rotatable bonds is 6. The number of thiazole rings is 1. The number of hydrogen-bond acceptors (Lipinski definition) is 4. The molecule has 3 aromatic rings. The van der Waals surface area contributed by atoms with E-state index in [1.807, 2.05) is 48.7 Å². The van der Waals surface area contributed by atoms with E-state index < -0.39 is 0 Å². The van der Waals surface area contributed by atoms with Crippen molar-refractivity contribution in [3.8, 4) is 0 Å². The molecule has 0 saturated carbocycles. The van der Waals surface area contributed by atoms with Crippen LogP contribution in [-0.2, 0) is 17.8 Å². The molecule has 1 aromatic carbocycles. The second-order valence-corrected chi connectivity index (χ2v) is 7.29. The molecular weight excluding hydrogens is 332 g/mol. The first-order valence-electron chi connectivity index (χ1n) is 8.36. The van der Waals surface area contributed by atoms with Crippen LogP contribution in [0.3, 0.4) is 0 Å². The normalized spacial score (nSPS) is 11.0. The first-order valence-corrected chi connectivity index (χ1v) is 9.24. The lowest BCUT2D eigenvalue weighted by atomic mass is 10.2. The molecule has 0 bridgehead atoms. The topological polar surface area (TPSA) is 46.3 Å². The first-order chi connectivity index (χ1) is 12.0. The fraction of sp³-hybridized carbons (Fsp3) is 0.300. The van der Waals surface area contributed by atoms with E-state index >= 15 is 0 Å². The van der Waals surface area contributed by atoms with Crippen LogP contribution in [0.15, 0.2) is 52.5 Å². The summed E-state index contributed by atoms with van der Waals surface area (Å²) in [5.74, 6) is 1.15. The zero-order valence-corrected chi connectivity index (χ0v) is 15.5. The SMILES string of the molecule is Cc1ccc(N(Cc2ccco2)C(=O)Cc2csc(C(C)C)n2)cc1. The Morgan fingerprint density at radius 3 is 2.60 bits per heavy atom. The predicted octanol–water partition coefficient (Wildman–Crippen LogP) is 4.94. The number of carbonyl (C=O) groups excluding carboxylic acids is 1. The van der Waals surface area contributed by atoms with Gasteiger partial charge < -0.3 is 9.32 Å². The summed E-state index contributed by atoms with van der Waals surface area (Å²) in [5.41, 5.74) is 2.86. The Balaban J connectivity index is 1.81. The lowest BCUT2D eigenvalue weighted by molar-refractivity contribution is -0.118. The maximum absolute atomic E-state index is 13.0. The minimum Gasteiger partial charge on any atom is -0.467 e. The van der Waals surface area contributed by atoms with E-state index in [-0.39, 0.29) is 12.3 Å². The van der Waals surface area contributed by atoms with Gasteiger partial charge in [0.2, 0.25) is 5.91 Å². The number of amides is 1. The van der Waals surface area contributed by atoms with E-state index in [0.29, 0.717) is 12.5 Å². The van der Waals surface area contributed by atoms with Gasteiger partial charge in [0.25, 0.3) is 0 Å². The molecule has 0 aliphatic rings. The lowest BCUT2D eigenvalue weighted by Crippen LogP contribution is -2.31. The van der Waals surface area contributed by atoms with E-state index in [4.69, 9.17) is 4.42 Å². The van der Waals surface area contributed by atoms with Crippen molar-refractivity contribution in [3.63, 3.8) is 0 Å². The summed E-state index contributed by atoms with van der Waals surface area (Å²) in [6.45, 7) is 6.67. The van der Waals surface area contributed by atoms with Crippen LogP contribution in [0.1, 0.15) is 41.8 Å². The summed E-state index contributed by atoms with van der Waals surface area (Å²) < 4.78 is 5.44. The molecule has 0 unspecified atom stereocenters. The van der Waals surface area contributed by atoms with Crippen LogP contribution in [-0.4, -0.2) is 10.9 Å². The third-order valence-electron chi connectivity index (χ3n) is 3.94. The highest BCUT2D eigenvalue weighted by Crippen LogP contribution is 2.22. The molecule has 2 aromatic heterocycles. The van der Waals surface area contributed by atoms with Crippen LogP contribution >= 0.6 is 11.3 Å². The Morgan fingerprint density at radius 1 is 1.24 bits per heavy atom. The number of aryl methyl sites for hydroxylation is 1. The minimum atomic E-state index is 0.0147. The van der Waals surface area contributed by atoms with E-state index in [1.165, 1.54) is 0 Å². The predicted molar refractivity (Wildman–Crippen MR) is 101 cm³/mol. The van der Waals surface area contributed by atoms with E-state index in [9.17, 15) is 4.79 Å². The van der Waals surface area contributed by atoms with Gasteiger partial charge >= 0.3 is 0 Å². The van der Waals surface area contributed by atoms with Gasteiger partial charge in [-0.15, -0.1) is 11.3 Å². The Morgan fingerprint density at radius 2 is 2.00 bits per heavy atom. The highest BCUT2D eigenvalue weighted by atomic mass is 32.1. The molecular formula is C20H22N2O2S. The second-order valence-electron chi connectivity index (χ2n) is 6.40. The lowest BCUT2D eigenvalue weighted by Gasteiger charge is -2.22. The number of nitrogens with zero attached hydrogens (tertiary/aromatic N) is 2. The third kappa shape index (κ3) is 4.37. The molecule has 0 N–H and O–H groups in total. The fourth-order valence-corrected chi connectivity index (χ4v) is 3.36. The quantitative estimate of drug-likeness (QED) is 0.629. The van der Waals surface area contributed by atoms with Crippen molar-refractivity contribution in [2.45, 2.75) is 39.7 Å². The number of furan rings is 1. The van der Waals surface area contributed by atoms with E-state index in [0.717, 1.165) is 27.7 Å². The van der Waals surface area contributed by atoms with Crippen molar-refractivity contribution < 1.29 is 9.21 Å². The summed E-state index contributed by atoms with van der Waals surface area (Å²) in [7, 11) is 0. The van der Waals surface area contributed by atoms with Gasteiger partial charge in [0.05, 0.1) is 29.9 Å². The van der Waals surface area contributed by atoms with E-state index in [1.54, 1.807) is 22.5 Å². The molecule has 0 aliphatic carbocycles. The smallest absolute Gasteiger partial charge is 0.233 e. The summed E-state index contributed by atoms with van der Waals surface area (Å²) in [4.78, 5) is 19.3. The molecule has 0 spiro atoms. The fourth-order valence-electron chi connectivity index (χ4n) is 2.53. The van der Waals surface area contributed by atoms with Crippen LogP contribution in [0.5, 0.6) is 0 Å². The zero-order valence-electron chi connectivity index (χ0n) is 14.7. The van der Waals surface area contributed by atoms with Gasteiger partial charge in [0, 0.05) is 17.0 Å². The van der Waals surface area contributed by atoms with Crippen LogP contribution in [0, 0.1) is 6.92 Å². The molecule has 4 nitrogen and oxygen atoms in total. The molecule has 0 saturated heterocycles. The molecule has 0 atom stereocenters. The molecule has 0 fully saturated rings. The average Bonchev–Trinajstić information content (AvgIpc) is 3.25. The molecule has 1 amide bonds. The largest absolute Gasteiger partial charge is 0.467 e. The molecule has 0 radical (unpaired) electrons. The monoisotopic (exact) mass is 354 g/mol. The number of anilines is 1. The van der Waals surface area contributed by atoms with Crippen molar-refractivity contribution in [1.82, 2.24) is 4.98 Å². The summed E-state index contributed by atoms with van der Waals surface area (Å²) in [6, 6.07) is 11.7. The summed E-state index contributed by atoms with van der Waals surface area (Å²) in [5, 5.41) is 3.05. The Hall–Kier alpha value is -2.40. The van der Waals surface area contributed by atoms with Gasteiger partial charge in [-0.1, -0.05) is 31.5 Å². The van der Waals surface area contributed by atoms with Crippen molar-refractivity contribution in [2.75, 3.05) is 4.90 Å². The zero-order chi connectivity index (χ0) is 17.8. The average molecular weight is 354 g/mol. The van der Waals surface area contributed by atoms with Crippen molar-refractivity contribution in [3.05, 3.63) is 70.1 Å². The number of benzene rings is 1. The Kier molecular flexibility index (Phi) is 5.34. The molecule has 5 heteroatoms. The third-order valence-corrected chi connectivity index (χ3v) is 5.13. The van der Waals surface area contributed by atoms with Gasteiger partial charge in [0.1, 0.15) is 5.76 Å². The summed E-state index contributed by atoms with van der Waals surface area (Å²) in [6.07, 6.45) is 1.92. The summed E-state index contributed by atoms with van der Waals surface area (Å²) >= 11 is 1.61. The Labute approximate surface area is 152 Å². The van der Waals surface area contributed by atoms with Gasteiger partial charge in [-0.25, -0.2) is 4.98 Å². The second kappa shape index (κ2) is 7.66. The van der Waals surface area contributed by atoms with Crippen molar-refractivity contribution >= 4 is 22.9 Å². The van der Waals surface area contributed by atoms with Crippen molar-refractivity contribution in [1.29, 1.82) is 0 Å². The van der Waals surface area contributed by atoms with Crippen LogP contribution in [0.4, 0.5) is 5.69 Å². The molecule has 3 rings (SSSR count). The van der Waals surface area contributed by atoms with Crippen LogP contribution < -0.4 is 4.90 Å². The molecule has 0 aliphatic heterocycles. The molecule has 130 valence electrons. The highest BCUT2D eigenvalue weighted by molar-refractivity contribution is 7.09. The van der Waals surface area contributed by atoms with Gasteiger partial charge in [-0.05, 0) is 31.2 Å². The number of carbonyl (C=O) groups is 1. The maximum Gasteiger partial charge on any atom is 0.233 e. The molecule has 25 heavy (non-hydrogen) atoms. The first kappa shape index (κ1) is 17.4. The van der Waals surface area contributed by atoms with Gasteiger partial charge in [-0.2, -0.15) is 0 Å². The number of aromatic nitrogens is 1. The minimum absolute atomic E-state index is 0.0147. The van der Waals surface area contributed by atoms with E-state index in [2.05, 4.69) is 18.8 Å². The number of hydrogen-bond donors (Lipinski definition) is 0. The Bertz CT molecular complexity index is 820. The van der Waals surface area contributed by atoms with Gasteiger partial charge in [0.15, 0.2) is 0 Å². The van der Waals surface area contributed by atoms with Crippen LogP contribution in [0.25, 0.3) is 0 Å². The maximum atomic E-state index is 13.0.